The Balaban J connectivity index is 2.02. The molecule has 0 saturated heterocycles. The molecule has 116 valence electrons. The van der Waals surface area contributed by atoms with Gasteiger partial charge in [0, 0.05) is 48.0 Å². The van der Waals surface area contributed by atoms with E-state index in [-0.39, 0.29) is 11.4 Å². The molecule has 1 aliphatic rings. The van der Waals surface area contributed by atoms with E-state index < -0.39 is 15.4 Å². The van der Waals surface area contributed by atoms with Crippen LogP contribution < -0.4 is 0 Å². The molecule has 0 N–H and O–H groups in total. The van der Waals surface area contributed by atoms with Crippen LogP contribution in [0.1, 0.15) is 17.5 Å². The fourth-order valence-corrected chi connectivity index (χ4v) is 2.54. The van der Waals surface area contributed by atoms with Crippen LogP contribution in [-0.2, 0) is 10.4 Å². The molecule has 0 fully saturated rings. The van der Waals surface area contributed by atoms with E-state index in [0.717, 1.165) is 0 Å². The number of hydrogen-bond donors (Lipinski definition) is 0. The number of oxime groups is 1. The van der Waals surface area contributed by atoms with E-state index >= 15 is 0 Å². The first-order chi connectivity index (χ1) is 11.0. The summed E-state index contributed by atoms with van der Waals surface area (Å²) in [6.45, 7) is 0. The standard InChI is InChI=1S/C15H11N3O5/c19-17(20)13-5-1-11(2-6-13)15(9-10-16-23-15)12-3-7-14(8-4-12)18(21)22/h1-8,10H,9H2. The lowest BCUT2D eigenvalue weighted by molar-refractivity contribution is -0.385. The summed E-state index contributed by atoms with van der Waals surface area (Å²) < 4.78 is 0. The molecule has 8 nitrogen and oxygen atoms in total. The molecular formula is C15H11N3O5. The van der Waals surface area contributed by atoms with E-state index in [4.69, 9.17) is 4.84 Å². The minimum atomic E-state index is -0.926. The smallest absolute Gasteiger partial charge is 0.269 e. The second-order valence-corrected chi connectivity index (χ2v) is 5.02. The summed E-state index contributed by atoms with van der Waals surface area (Å²) in [5, 5.41) is 25.4. The Morgan fingerprint density at radius 3 is 1.61 bits per heavy atom. The van der Waals surface area contributed by atoms with Crippen molar-refractivity contribution in [1.29, 1.82) is 0 Å². The fourth-order valence-electron chi connectivity index (χ4n) is 2.54. The van der Waals surface area contributed by atoms with Crippen LogP contribution >= 0.6 is 0 Å². The van der Waals surface area contributed by atoms with E-state index in [1.165, 1.54) is 24.3 Å². The Morgan fingerprint density at radius 1 is 0.870 bits per heavy atom. The van der Waals surface area contributed by atoms with Crippen LogP contribution in [0.5, 0.6) is 0 Å². The van der Waals surface area contributed by atoms with Crippen molar-refractivity contribution in [1.82, 2.24) is 0 Å². The van der Waals surface area contributed by atoms with Crippen LogP contribution in [0.25, 0.3) is 0 Å². The molecule has 0 aromatic heterocycles. The topological polar surface area (TPSA) is 108 Å². The van der Waals surface area contributed by atoms with Crippen molar-refractivity contribution in [3.8, 4) is 0 Å². The Bertz CT molecular complexity index is 716. The molecule has 23 heavy (non-hydrogen) atoms. The lowest BCUT2D eigenvalue weighted by atomic mass is 9.84. The van der Waals surface area contributed by atoms with Gasteiger partial charge in [-0.3, -0.25) is 20.2 Å². The number of nitrogens with zero attached hydrogens (tertiary/aromatic N) is 3. The van der Waals surface area contributed by atoms with E-state index in [1.54, 1.807) is 30.5 Å². The summed E-state index contributed by atoms with van der Waals surface area (Å²) >= 11 is 0. The van der Waals surface area contributed by atoms with Crippen LogP contribution in [0, 0.1) is 20.2 Å². The van der Waals surface area contributed by atoms with Gasteiger partial charge in [0.2, 0.25) is 0 Å². The number of rotatable bonds is 4. The first-order valence-electron chi connectivity index (χ1n) is 6.73. The molecule has 0 bridgehead atoms. The van der Waals surface area contributed by atoms with Crippen LogP contribution in [-0.4, -0.2) is 16.1 Å². The largest absolute Gasteiger partial charge is 0.379 e. The third kappa shape index (κ3) is 2.50. The number of non-ortho nitro benzene ring substituents is 2. The molecule has 0 spiro atoms. The van der Waals surface area contributed by atoms with Gasteiger partial charge in [-0.1, -0.05) is 5.16 Å². The molecular weight excluding hydrogens is 302 g/mol. The molecule has 1 heterocycles. The van der Waals surface area contributed by atoms with Crippen LogP contribution in [0.4, 0.5) is 11.4 Å². The number of hydrogen-bond acceptors (Lipinski definition) is 6. The minimum absolute atomic E-state index is 0.0217. The molecule has 1 aliphatic heterocycles. The minimum Gasteiger partial charge on any atom is -0.379 e. The SMILES string of the molecule is O=[N+]([O-])c1ccc(C2(c3ccc([N+](=O)[O-])cc3)CC=NO2)cc1. The predicted molar refractivity (Wildman–Crippen MR) is 81.2 cm³/mol. The molecule has 0 saturated carbocycles. The van der Waals surface area contributed by atoms with E-state index in [2.05, 4.69) is 5.16 Å². The van der Waals surface area contributed by atoms with Crippen LogP contribution in [0.15, 0.2) is 53.7 Å². The molecule has 2 aromatic rings. The number of benzene rings is 2. The van der Waals surface area contributed by atoms with Crippen molar-refractivity contribution < 1.29 is 14.7 Å². The van der Waals surface area contributed by atoms with Gasteiger partial charge in [0.1, 0.15) is 0 Å². The van der Waals surface area contributed by atoms with E-state index in [1.807, 2.05) is 0 Å². The highest BCUT2D eigenvalue weighted by atomic mass is 16.7. The van der Waals surface area contributed by atoms with Gasteiger partial charge in [0.25, 0.3) is 11.4 Å². The Kier molecular flexibility index (Phi) is 3.49. The lowest BCUT2D eigenvalue weighted by Crippen LogP contribution is -2.26. The summed E-state index contributed by atoms with van der Waals surface area (Å²) in [7, 11) is 0. The lowest BCUT2D eigenvalue weighted by Gasteiger charge is -2.27. The first-order valence-corrected chi connectivity index (χ1v) is 6.73. The Hall–Kier alpha value is -3.29. The predicted octanol–water partition coefficient (Wildman–Crippen LogP) is 3.15. The van der Waals surface area contributed by atoms with Gasteiger partial charge in [-0.2, -0.15) is 0 Å². The highest BCUT2D eigenvalue weighted by Gasteiger charge is 2.40. The van der Waals surface area contributed by atoms with Gasteiger partial charge in [0.15, 0.2) is 5.60 Å². The van der Waals surface area contributed by atoms with Crippen molar-refractivity contribution >= 4 is 17.6 Å². The van der Waals surface area contributed by atoms with Gasteiger partial charge in [-0.05, 0) is 24.3 Å². The second-order valence-electron chi connectivity index (χ2n) is 5.02. The summed E-state index contributed by atoms with van der Waals surface area (Å²) in [4.78, 5) is 26.1. The summed E-state index contributed by atoms with van der Waals surface area (Å²) in [5.41, 5.74) is 0.409. The van der Waals surface area contributed by atoms with Crippen molar-refractivity contribution in [3.05, 3.63) is 79.9 Å². The maximum atomic E-state index is 10.8. The summed E-state index contributed by atoms with van der Waals surface area (Å²) in [5.74, 6) is 0. The number of nitro groups is 2. The highest BCUT2D eigenvalue weighted by Crippen LogP contribution is 2.40. The van der Waals surface area contributed by atoms with Crippen molar-refractivity contribution in [3.63, 3.8) is 0 Å². The third-order valence-corrected chi connectivity index (χ3v) is 3.75. The molecule has 0 amide bonds. The first kappa shape index (κ1) is 14.6. The normalized spacial score (nSPS) is 15.1. The van der Waals surface area contributed by atoms with Gasteiger partial charge in [-0.25, -0.2) is 0 Å². The van der Waals surface area contributed by atoms with Gasteiger partial charge in [-0.15, -0.1) is 0 Å². The molecule has 0 unspecified atom stereocenters. The summed E-state index contributed by atoms with van der Waals surface area (Å²) in [6.07, 6.45) is 2.03. The Morgan fingerprint density at radius 2 is 1.30 bits per heavy atom. The zero-order chi connectivity index (χ0) is 16.4. The average Bonchev–Trinajstić information content (AvgIpc) is 3.06. The molecule has 8 heteroatoms. The Labute approximate surface area is 130 Å². The fraction of sp³-hybridized carbons (Fsp3) is 0.133. The monoisotopic (exact) mass is 313 g/mol. The van der Waals surface area contributed by atoms with E-state index in [9.17, 15) is 20.2 Å². The number of nitro benzene ring substituents is 2. The molecule has 0 radical (unpaired) electrons. The maximum Gasteiger partial charge on any atom is 0.269 e. The molecule has 0 atom stereocenters. The second kappa shape index (κ2) is 5.48. The van der Waals surface area contributed by atoms with Crippen LogP contribution in [0.3, 0.4) is 0 Å². The summed E-state index contributed by atoms with van der Waals surface area (Å²) in [6, 6.07) is 12.0. The van der Waals surface area contributed by atoms with Gasteiger partial charge < -0.3 is 4.84 Å². The van der Waals surface area contributed by atoms with Gasteiger partial charge >= 0.3 is 0 Å². The zero-order valence-electron chi connectivity index (χ0n) is 11.8. The third-order valence-electron chi connectivity index (χ3n) is 3.75. The molecule has 2 aromatic carbocycles. The molecule has 0 aliphatic carbocycles. The highest BCUT2D eigenvalue weighted by molar-refractivity contribution is 5.64. The van der Waals surface area contributed by atoms with E-state index in [0.29, 0.717) is 17.5 Å². The van der Waals surface area contributed by atoms with Crippen molar-refractivity contribution in [2.24, 2.45) is 5.16 Å². The van der Waals surface area contributed by atoms with Crippen molar-refractivity contribution in [2.75, 3.05) is 0 Å². The quantitative estimate of drug-likeness (QED) is 0.636. The zero-order valence-corrected chi connectivity index (χ0v) is 11.8. The van der Waals surface area contributed by atoms with Gasteiger partial charge in [0.05, 0.1) is 9.85 Å². The van der Waals surface area contributed by atoms with Crippen molar-refractivity contribution in [2.45, 2.75) is 12.0 Å². The average molecular weight is 313 g/mol. The maximum absolute atomic E-state index is 10.8. The molecule has 3 rings (SSSR count). The van der Waals surface area contributed by atoms with Crippen LogP contribution in [0.2, 0.25) is 0 Å².